The molecule has 3 aromatic carbocycles. The van der Waals surface area contributed by atoms with Crippen molar-refractivity contribution in [2.75, 3.05) is 11.9 Å². The highest BCUT2D eigenvalue weighted by Crippen LogP contribution is 2.34. The van der Waals surface area contributed by atoms with E-state index in [0.717, 1.165) is 22.6 Å². The summed E-state index contributed by atoms with van der Waals surface area (Å²) in [6.45, 7) is 3.03. The number of halogens is 2. The van der Waals surface area contributed by atoms with E-state index in [1.807, 2.05) is 35.8 Å². The average molecular weight is 475 g/mol. The van der Waals surface area contributed by atoms with E-state index in [-0.39, 0.29) is 12.4 Å². The van der Waals surface area contributed by atoms with E-state index in [9.17, 15) is 18.7 Å². The Bertz CT molecular complexity index is 1350. The van der Waals surface area contributed by atoms with Crippen LogP contribution in [0.25, 0.3) is 11.3 Å². The Morgan fingerprint density at radius 3 is 2.23 bits per heavy atom. The molecule has 5 rings (SSSR count). The molecule has 1 atom stereocenters. The maximum atomic E-state index is 13.6. The standard InChI is InChI=1S/C27H24F2N4O2/c1-17-2-12-22(13-3-17)30-26-24(18-4-8-20(28)9-5-18)31-23-16-32(14-15-33(23)26)27(35)25(34)19-6-10-21(29)11-7-19/h2-13,25,30,34H,14-16H2,1H3. The summed E-state index contributed by atoms with van der Waals surface area (Å²) in [5, 5.41) is 14.0. The molecule has 0 spiro atoms. The number of amides is 1. The average Bonchev–Trinajstić information content (AvgIpc) is 3.23. The van der Waals surface area contributed by atoms with E-state index in [1.165, 1.54) is 36.4 Å². The number of benzene rings is 3. The lowest BCUT2D eigenvalue weighted by molar-refractivity contribution is -0.142. The number of hydrogen-bond acceptors (Lipinski definition) is 4. The van der Waals surface area contributed by atoms with Crippen molar-refractivity contribution in [3.05, 3.63) is 101 Å². The molecule has 1 unspecified atom stereocenters. The third-order valence-electron chi connectivity index (χ3n) is 6.14. The van der Waals surface area contributed by atoms with Gasteiger partial charge in [0.25, 0.3) is 5.91 Å². The molecular formula is C27H24F2N4O2. The summed E-state index contributed by atoms with van der Waals surface area (Å²) in [4.78, 5) is 19.3. The maximum absolute atomic E-state index is 13.6. The lowest BCUT2D eigenvalue weighted by Gasteiger charge is -2.30. The van der Waals surface area contributed by atoms with Crippen LogP contribution in [-0.2, 0) is 17.9 Å². The molecular weight excluding hydrogens is 450 g/mol. The van der Waals surface area contributed by atoms with Gasteiger partial charge in [-0.25, -0.2) is 13.8 Å². The Kier molecular flexibility index (Phi) is 6.05. The lowest BCUT2D eigenvalue weighted by atomic mass is 10.1. The second-order valence-electron chi connectivity index (χ2n) is 8.59. The molecule has 0 aliphatic carbocycles. The number of imidazole rings is 1. The molecule has 0 fully saturated rings. The third-order valence-corrected chi connectivity index (χ3v) is 6.14. The van der Waals surface area contributed by atoms with E-state index in [0.29, 0.717) is 30.2 Å². The van der Waals surface area contributed by atoms with Crippen LogP contribution >= 0.6 is 0 Å². The van der Waals surface area contributed by atoms with Crippen LogP contribution in [0.4, 0.5) is 20.3 Å². The number of carbonyl (C=O) groups excluding carboxylic acids is 1. The molecule has 1 aromatic heterocycles. The Balaban J connectivity index is 1.46. The van der Waals surface area contributed by atoms with Crippen LogP contribution in [0.5, 0.6) is 0 Å². The summed E-state index contributed by atoms with van der Waals surface area (Å²) in [7, 11) is 0. The topological polar surface area (TPSA) is 70.4 Å². The van der Waals surface area contributed by atoms with Gasteiger partial charge in [0.1, 0.15) is 29.0 Å². The first-order chi connectivity index (χ1) is 16.9. The Morgan fingerprint density at radius 1 is 0.943 bits per heavy atom. The van der Waals surface area contributed by atoms with Gasteiger partial charge in [-0.15, -0.1) is 0 Å². The van der Waals surface area contributed by atoms with E-state index in [4.69, 9.17) is 4.98 Å². The Morgan fingerprint density at radius 2 is 1.57 bits per heavy atom. The van der Waals surface area contributed by atoms with Crippen molar-refractivity contribution < 1.29 is 18.7 Å². The normalized spacial score (nSPS) is 13.9. The number of anilines is 2. The van der Waals surface area contributed by atoms with Crippen molar-refractivity contribution in [2.24, 2.45) is 0 Å². The van der Waals surface area contributed by atoms with Crippen LogP contribution < -0.4 is 5.32 Å². The predicted molar refractivity (Wildman–Crippen MR) is 129 cm³/mol. The molecule has 1 amide bonds. The third kappa shape index (κ3) is 4.65. The van der Waals surface area contributed by atoms with Crippen LogP contribution in [0.2, 0.25) is 0 Å². The Labute approximate surface area is 201 Å². The first kappa shape index (κ1) is 22.7. The van der Waals surface area contributed by atoms with Crippen LogP contribution in [0.15, 0.2) is 72.8 Å². The molecule has 8 heteroatoms. The number of fused-ring (bicyclic) bond motifs is 1. The van der Waals surface area contributed by atoms with Crippen molar-refractivity contribution in [3.63, 3.8) is 0 Å². The minimum atomic E-state index is -1.39. The molecule has 35 heavy (non-hydrogen) atoms. The van der Waals surface area contributed by atoms with Gasteiger partial charge in [0.2, 0.25) is 0 Å². The number of aromatic nitrogens is 2. The second-order valence-corrected chi connectivity index (χ2v) is 8.59. The fraction of sp³-hybridized carbons (Fsp3) is 0.185. The van der Waals surface area contributed by atoms with Gasteiger partial charge in [0.05, 0.1) is 6.54 Å². The summed E-state index contributed by atoms with van der Waals surface area (Å²) >= 11 is 0. The minimum absolute atomic E-state index is 0.195. The molecule has 1 aliphatic rings. The van der Waals surface area contributed by atoms with Gasteiger partial charge >= 0.3 is 0 Å². The molecule has 4 aromatic rings. The van der Waals surface area contributed by atoms with Crippen LogP contribution in [-0.4, -0.2) is 32.0 Å². The van der Waals surface area contributed by atoms with Gasteiger partial charge in [0, 0.05) is 24.3 Å². The minimum Gasteiger partial charge on any atom is -0.378 e. The number of rotatable bonds is 5. The highest BCUT2D eigenvalue weighted by Gasteiger charge is 2.30. The quantitative estimate of drug-likeness (QED) is 0.429. The first-order valence-electron chi connectivity index (χ1n) is 11.3. The molecule has 2 N–H and O–H groups in total. The zero-order valence-corrected chi connectivity index (χ0v) is 19.1. The molecule has 0 saturated heterocycles. The van der Waals surface area contributed by atoms with Gasteiger partial charge in [-0.05, 0) is 61.0 Å². The van der Waals surface area contributed by atoms with Gasteiger partial charge in [-0.1, -0.05) is 29.8 Å². The van der Waals surface area contributed by atoms with Gasteiger partial charge in [-0.3, -0.25) is 4.79 Å². The van der Waals surface area contributed by atoms with Crippen LogP contribution in [0.3, 0.4) is 0 Å². The summed E-state index contributed by atoms with van der Waals surface area (Å²) in [6.07, 6.45) is -1.39. The van der Waals surface area contributed by atoms with Crippen molar-refractivity contribution in [2.45, 2.75) is 26.1 Å². The largest absolute Gasteiger partial charge is 0.378 e. The highest BCUT2D eigenvalue weighted by molar-refractivity contribution is 5.82. The summed E-state index contributed by atoms with van der Waals surface area (Å²) < 4.78 is 28.8. The van der Waals surface area contributed by atoms with Gasteiger partial charge in [0.15, 0.2) is 6.10 Å². The van der Waals surface area contributed by atoms with Crippen molar-refractivity contribution in [3.8, 4) is 11.3 Å². The van der Waals surface area contributed by atoms with Gasteiger partial charge in [-0.2, -0.15) is 0 Å². The van der Waals surface area contributed by atoms with Crippen LogP contribution in [0.1, 0.15) is 23.1 Å². The number of aliphatic hydroxyl groups is 1. The number of nitrogens with one attached hydrogen (secondary N) is 1. The monoisotopic (exact) mass is 474 g/mol. The highest BCUT2D eigenvalue weighted by atomic mass is 19.1. The molecule has 1 aliphatic heterocycles. The van der Waals surface area contributed by atoms with E-state index in [1.54, 1.807) is 17.0 Å². The zero-order valence-electron chi connectivity index (χ0n) is 19.1. The fourth-order valence-electron chi connectivity index (χ4n) is 4.19. The Hall–Kier alpha value is -4.04. The number of hydrogen-bond donors (Lipinski definition) is 2. The molecule has 0 radical (unpaired) electrons. The smallest absolute Gasteiger partial charge is 0.256 e. The number of nitrogens with zero attached hydrogens (tertiary/aromatic N) is 3. The summed E-state index contributed by atoms with van der Waals surface area (Å²) in [5.41, 5.74) is 3.74. The zero-order chi connectivity index (χ0) is 24.5. The number of carbonyl (C=O) groups is 1. The number of aliphatic hydroxyl groups excluding tert-OH is 1. The number of aryl methyl sites for hydroxylation is 1. The lowest BCUT2D eigenvalue weighted by Crippen LogP contribution is -2.41. The molecule has 6 nitrogen and oxygen atoms in total. The van der Waals surface area contributed by atoms with Gasteiger partial charge < -0.3 is 19.9 Å². The van der Waals surface area contributed by atoms with Crippen molar-refractivity contribution in [1.82, 2.24) is 14.5 Å². The first-order valence-corrected chi connectivity index (χ1v) is 11.3. The van der Waals surface area contributed by atoms with E-state index in [2.05, 4.69) is 5.32 Å². The molecule has 2 heterocycles. The SMILES string of the molecule is Cc1ccc(Nc2c(-c3ccc(F)cc3)nc3n2CCN(C(=O)C(O)c2ccc(F)cc2)C3)cc1. The molecule has 0 bridgehead atoms. The molecule has 178 valence electrons. The summed E-state index contributed by atoms with van der Waals surface area (Å²) in [6, 6.07) is 19.3. The second kappa shape index (κ2) is 9.31. The molecule has 0 saturated carbocycles. The fourth-order valence-corrected chi connectivity index (χ4v) is 4.19. The summed E-state index contributed by atoms with van der Waals surface area (Å²) in [5.74, 6) is 0.154. The van der Waals surface area contributed by atoms with E-state index >= 15 is 0 Å². The van der Waals surface area contributed by atoms with Crippen molar-refractivity contribution in [1.29, 1.82) is 0 Å². The maximum Gasteiger partial charge on any atom is 0.256 e. The predicted octanol–water partition coefficient (Wildman–Crippen LogP) is 4.96. The van der Waals surface area contributed by atoms with E-state index < -0.39 is 17.8 Å². The van der Waals surface area contributed by atoms with Crippen molar-refractivity contribution >= 4 is 17.4 Å². The van der Waals surface area contributed by atoms with Crippen LogP contribution in [0, 0.1) is 18.6 Å².